The summed E-state index contributed by atoms with van der Waals surface area (Å²) in [6.45, 7) is 1.62. The molecule has 0 radical (unpaired) electrons. The maximum Gasteiger partial charge on any atom is 0.435 e. The van der Waals surface area contributed by atoms with E-state index in [1.54, 1.807) is 37.4 Å². The molecular formula is C20H16F3N5O2S2. The number of rotatable bonds is 5. The second kappa shape index (κ2) is 8.11. The van der Waals surface area contributed by atoms with Crippen molar-refractivity contribution in [2.45, 2.75) is 24.5 Å². The van der Waals surface area contributed by atoms with Crippen molar-refractivity contribution in [3.05, 3.63) is 65.4 Å². The number of sulfonamides is 1. The fourth-order valence-corrected chi connectivity index (χ4v) is 4.40. The predicted octanol–water partition coefficient (Wildman–Crippen LogP) is 4.29. The molecule has 166 valence electrons. The number of nitrogens with zero attached hydrogens (tertiary/aromatic N) is 4. The molecule has 2 N–H and O–H groups in total. The molecule has 0 aliphatic heterocycles. The monoisotopic (exact) mass is 479 g/mol. The molecule has 4 rings (SSSR count). The van der Waals surface area contributed by atoms with E-state index < -0.39 is 26.9 Å². The van der Waals surface area contributed by atoms with Crippen LogP contribution in [-0.2, 0) is 22.6 Å². The third-order valence-electron chi connectivity index (χ3n) is 4.70. The van der Waals surface area contributed by atoms with E-state index in [4.69, 9.17) is 5.14 Å². The van der Waals surface area contributed by atoms with Gasteiger partial charge in [-0.05, 0) is 18.6 Å². The van der Waals surface area contributed by atoms with Crippen LogP contribution in [0.3, 0.4) is 0 Å². The highest BCUT2D eigenvalue weighted by Gasteiger charge is 2.39. The lowest BCUT2D eigenvalue weighted by molar-refractivity contribution is -0.141. The Labute approximate surface area is 185 Å². The van der Waals surface area contributed by atoms with Gasteiger partial charge in [0.2, 0.25) is 0 Å². The van der Waals surface area contributed by atoms with Gasteiger partial charge in [-0.3, -0.25) is 0 Å². The van der Waals surface area contributed by atoms with Crippen molar-refractivity contribution in [2.24, 2.45) is 5.14 Å². The van der Waals surface area contributed by atoms with E-state index in [1.807, 2.05) is 5.38 Å². The Kier molecular flexibility index (Phi) is 5.61. The fourth-order valence-electron chi connectivity index (χ4n) is 3.30. The topological polar surface area (TPSA) is 104 Å². The molecule has 0 saturated carbocycles. The SMILES string of the molecule is CCc1c(C(F)(F)F)nn(-c2ccc(S(N)(=O)=O)nc2)c1-c1ccc(-c2nccs2)cc1. The van der Waals surface area contributed by atoms with Gasteiger partial charge in [0, 0.05) is 28.3 Å². The smallest absolute Gasteiger partial charge is 0.245 e. The molecule has 1 aromatic carbocycles. The largest absolute Gasteiger partial charge is 0.435 e. The number of benzene rings is 1. The zero-order chi connectivity index (χ0) is 23.1. The Morgan fingerprint density at radius 2 is 1.75 bits per heavy atom. The fraction of sp³-hybridized carbons (Fsp3) is 0.150. The van der Waals surface area contributed by atoms with Gasteiger partial charge in [0.1, 0.15) is 5.01 Å². The number of pyridine rings is 1. The standard InChI is InChI=1S/C20H16F3N5O2S2/c1-2-15-17(12-3-5-13(6-4-12)19-25-9-10-31-19)28(27-18(15)20(21,22)23)14-7-8-16(26-11-14)32(24,29)30/h3-11H,2H2,1H3,(H2,24,29,30). The van der Waals surface area contributed by atoms with Crippen molar-refractivity contribution in [3.63, 3.8) is 0 Å². The van der Waals surface area contributed by atoms with Gasteiger partial charge in [0.15, 0.2) is 10.7 Å². The van der Waals surface area contributed by atoms with Crippen LogP contribution in [0.1, 0.15) is 18.2 Å². The maximum atomic E-state index is 13.7. The van der Waals surface area contributed by atoms with Crippen LogP contribution in [0.25, 0.3) is 27.5 Å². The first-order chi connectivity index (χ1) is 15.1. The molecule has 4 aromatic rings. The lowest BCUT2D eigenvalue weighted by atomic mass is 10.0. The van der Waals surface area contributed by atoms with Crippen LogP contribution in [0.4, 0.5) is 13.2 Å². The van der Waals surface area contributed by atoms with Crippen molar-refractivity contribution < 1.29 is 21.6 Å². The Balaban J connectivity index is 1.89. The van der Waals surface area contributed by atoms with E-state index in [-0.39, 0.29) is 23.4 Å². The summed E-state index contributed by atoms with van der Waals surface area (Å²) < 4.78 is 65.3. The summed E-state index contributed by atoms with van der Waals surface area (Å²) in [6, 6.07) is 9.40. The number of primary sulfonamides is 1. The Morgan fingerprint density at radius 3 is 2.25 bits per heavy atom. The van der Waals surface area contributed by atoms with E-state index in [0.717, 1.165) is 27.5 Å². The minimum Gasteiger partial charge on any atom is -0.245 e. The number of halogens is 3. The highest BCUT2D eigenvalue weighted by molar-refractivity contribution is 7.89. The van der Waals surface area contributed by atoms with Crippen LogP contribution in [0, 0.1) is 0 Å². The molecule has 0 saturated heterocycles. The van der Waals surface area contributed by atoms with Crippen molar-refractivity contribution in [3.8, 4) is 27.5 Å². The molecule has 12 heteroatoms. The molecule has 7 nitrogen and oxygen atoms in total. The number of nitrogens with two attached hydrogens (primary N) is 1. The minimum atomic E-state index is -4.67. The highest BCUT2D eigenvalue weighted by atomic mass is 32.2. The van der Waals surface area contributed by atoms with Crippen LogP contribution in [0.2, 0.25) is 0 Å². The van der Waals surface area contributed by atoms with Crippen molar-refractivity contribution >= 4 is 21.4 Å². The second-order valence-electron chi connectivity index (χ2n) is 6.75. The zero-order valence-electron chi connectivity index (χ0n) is 16.5. The highest BCUT2D eigenvalue weighted by Crippen LogP contribution is 2.38. The van der Waals surface area contributed by atoms with E-state index in [2.05, 4.69) is 15.1 Å². The van der Waals surface area contributed by atoms with E-state index >= 15 is 0 Å². The number of thiazole rings is 1. The summed E-state index contributed by atoms with van der Waals surface area (Å²) in [6.07, 6.45) is -1.78. The van der Waals surface area contributed by atoms with E-state index in [9.17, 15) is 21.6 Å². The molecule has 0 bridgehead atoms. The van der Waals surface area contributed by atoms with Crippen molar-refractivity contribution in [1.29, 1.82) is 0 Å². The average Bonchev–Trinajstić information content (AvgIpc) is 3.41. The molecule has 0 unspecified atom stereocenters. The lowest BCUT2D eigenvalue weighted by Gasteiger charge is -2.10. The summed E-state index contributed by atoms with van der Waals surface area (Å²) in [5.74, 6) is 0. The first kappa shape index (κ1) is 22.1. The van der Waals surface area contributed by atoms with Crippen LogP contribution in [0.5, 0.6) is 0 Å². The van der Waals surface area contributed by atoms with E-state index in [0.29, 0.717) is 5.56 Å². The summed E-state index contributed by atoms with van der Waals surface area (Å²) in [5, 5.41) is 11.1. The zero-order valence-corrected chi connectivity index (χ0v) is 18.2. The van der Waals surface area contributed by atoms with Gasteiger partial charge in [0.25, 0.3) is 10.0 Å². The third-order valence-corrected chi connectivity index (χ3v) is 6.35. The molecule has 0 fully saturated rings. The second-order valence-corrected chi connectivity index (χ2v) is 9.16. The number of hydrogen-bond acceptors (Lipinski definition) is 6. The number of aromatic nitrogens is 4. The number of alkyl halides is 3. The molecule has 3 heterocycles. The van der Waals surface area contributed by atoms with Crippen molar-refractivity contribution in [2.75, 3.05) is 0 Å². The minimum absolute atomic E-state index is 0.0232. The molecule has 32 heavy (non-hydrogen) atoms. The third kappa shape index (κ3) is 4.16. The Bertz CT molecular complexity index is 1350. The summed E-state index contributed by atoms with van der Waals surface area (Å²) in [7, 11) is -4.05. The molecule has 0 aliphatic carbocycles. The molecule has 0 atom stereocenters. The molecule has 0 amide bonds. The quantitative estimate of drug-likeness (QED) is 0.460. The van der Waals surface area contributed by atoms with Gasteiger partial charge in [-0.15, -0.1) is 11.3 Å². The molecule has 0 aliphatic rings. The van der Waals surface area contributed by atoms with Gasteiger partial charge in [-0.2, -0.15) is 18.3 Å². The van der Waals surface area contributed by atoms with Gasteiger partial charge < -0.3 is 0 Å². The van der Waals surface area contributed by atoms with Crippen LogP contribution in [-0.4, -0.2) is 28.2 Å². The molecule has 3 aromatic heterocycles. The van der Waals surface area contributed by atoms with Crippen LogP contribution < -0.4 is 5.14 Å². The van der Waals surface area contributed by atoms with E-state index in [1.165, 1.54) is 17.4 Å². The van der Waals surface area contributed by atoms with Gasteiger partial charge in [-0.1, -0.05) is 31.2 Å². The normalized spacial score (nSPS) is 12.3. The summed E-state index contributed by atoms with van der Waals surface area (Å²) in [5.41, 5.74) is 0.783. The Morgan fingerprint density at radius 1 is 1.06 bits per heavy atom. The van der Waals surface area contributed by atoms with Gasteiger partial charge in [0.05, 0.1) is 17.6 Å². The van der Waals surface area contributed by atoms with Gasteiger partial charge >= 0.3 is 6.18 Å². The Hall–Kier alpha value is -3.09. The molecule has 0 spiro atoms. The van der Waals surface area contributed by atoms with Crippen LogP contribution >= 0.6 is 11.3 Å². The molecular weight excluding hydrogens is 463 g/mol. The van der Waals surface area contributed by atoms with Gasteiger partial charge in [-0.25, -0.2) is 28.2 Å². The average molecular weight is 480 g/mol. The lowest BCUT2D eigenvalue weighted by Crippen LogP contribution is -2.14. The summed E-state index contributed by atoms with van der Waals surface area (Å²) in [4.78, 5) is 8.01. The number of hydrogen-bond donors (Lipinski definition) is 1. The first-order valence-corrected chi connectivity index (χ1v) is 11.7. The first-order valence-electron chi connectivity index (χ1n) is 9.28. The maximum absolute atomic E-state index is 13.7. The summed E-state index contributed by atoms with van der Waals surface area (Å²) >= 11 is 1.45. The predicted molar refractivity (Wildman–Crippen MR) is 114 cm³/mol. The van der Waals surface area contributed by atoms with Crippen LogP contribution in [0.15, 0.2) is 59.2 Å². The van der Waals surface area contributed by atoms with Crippen molar-refractivity contribution in [1.82, 2.24) is 19.7 Å².